The maximum absolute atomic E-state index is 13.6. The van der Waals surface area contributed by atoms with E-state index in [9.17, 15) is 4.79 Å². The van der Waals surface area contributed by atoms with Crippen LogP contribution < -0.4 is 18.9 Å². The minimum atomic E-state index is -0.210. The summed E-state index contributed by atoms with van der Waals surface area (Å²) in [6.07, 6.45) is 6.41. The topological polar surface area (TPSA) is 57.2 Å². The van der Waals surface area contributed by atoms with Gasteiger partial charge in [0.05, 0.1) is 6.54 Å². The lowest BCUT2D eigenvalue weighted by atomic mass is 9.98. The van der Waals surface area contributed by atoms with Crippen molar-refractivity contribution in [3.63, 3.8) is 0 Å². The maximum Gasteiger partial charge on any atom is 0.231 e. The zero-order valence-electron chi connectivity index (χ0n) is 17.8. The summed E-state index contributed by atoms with van der Waals surface area (Å²) in [6, 6.07) is 13.5. The van der Waals surface area contributed by atoms with Crippen LogP contribution in [0.25, 0.3) is 0 Å². The van der Waals surface area contributed by atoms with Crippen molar-refractivity contribution in [3.8, 4) is 23.0 Å². The molecule has 1 amide bonds. The van der Waals surface area contributed by atoms with Crippen molar-refractivity contribution >= 4 is 5.91 Å². The summed E-state index contributed by atoms with van der Waals surface area (Å²) in [7, 11) is 0. The molecule has 3 aliphatic rings. The Bertz CT molecular complexity index is 922. The lowest BCUT2D eigenvalue weighted by Crippen LogP contribution is -2.45. The van der Waals surface area contributed by atoms with Gasteiger partial charge in [-0.3, -0.25) is 4.79 Å². The molecule has 5 rings (SSSR count). The maximum atomic E-state index is 13.6. The molecule has 0 N–H and O–H groups in total. The number of amides is 1. The summed E-state index contributed by atoms with van der Waals surface area (Å²) in [6.45, 7) is 1.61. The molecule has 2 aliphatic heterocycles. The van der Waals surface area contributed by atoms with Gasteiger partial charge in [-0.2, -0.15) is 0 Å². The zero-order valence-corrected chi connectivity index (χ0v) is 17.8. The number of carbonyl (C=O) groups excluding carboxylic acids is 1. The molecule has 6 nitrogen and oxygen atoms in total. The van der Waals surface area contributed by atoms with Crippen LogP contribution in [0.2, 0.25) is 0 Å². The lowest BCUT2D eigenvalue weighted by molar-refractivity contribution is -0.138. The molecule has 0 spiro atoms. The van der Waals surface area contributed by atoms with E-state index in [1.54, 1.807) is 0 Å². The predicted molar refractivity (Wildman–Crippen MR) is 116 cm³/mol. The Kier molecular flexibility index (Phi) is 5.87. The van der Waals surface area contributed by atoms with E-state index in [1.165, 1.54) is 12.8 Å². The minimum absolute atomic E-state index is 0.0771. The van der Waals surface area contributed by atoms with E-state index in [2.05, 4.69) is 0 Å². The van der Waals surface area contributed by atoms with Gasteiger partial charge in [-0.05, 0) is 31.0 Å². The quantitative estimate of drug-likeness (QED) is 0.660. The highest BCUT2D eigenvalue weighted by molar-refractivity contribution is 5.79. The molecule has 31 heavy (non-hydrogen) atoms. The number of ether oxygens (including phenoxy) is 4. The van der Waals surface area contributed by atoms with E-state index in [0.29, 0.717) is 19.7 Å². The lowest BCUT2D eigenvalue weighted by Gasteiger charge is -2.33. The van der Waals surface area contributed by atoms with Gasteiger partial charge in [0, 0.05) is 18.0 Å². The van der Waals surface area contributed by atoms with Crippen molar-refractivity contribution in [2.75, 3.05) is 19.9 Å². The molecule has 1 aliphatic carbocycles. The van der Waals surface area contributed by atoms with Crippen molar-refractivity contribution in [2.45, 2.75) is 51.2 Å². The molecular weight excluding hydrogens is 394 g/mol. The number of rotatable bonds is 5. The van der Waals surface area contributed by atoms with Gasteiger partial charge < -0.3 is 23.8 Å². The fourth-order valence-electron chi connectivity index (χ4n) is 4.74. The standard InChI is InChI=1S/C25H29NO5/c27-25(18-8-3-1-2-4-9-18)26(14-19-10-7-13-23-24(19)30-17-29-23)15-20-16-28-21-11-5-6-12-22(21)31-20/h5-7,10-13,18,20H,1-4,8-9,14-17H2/t20-/m1/s1. The number of nitrogens with zero attached hydrogens (tertiary/aromatic N) is 1. The van der Waals surface area contributed by atoms with Crippen molar-refractivity contribution in [1.29, 1.82) is 0 Å². The summed E-state index contributed by atoms with van der Waals surface area (Å²) in [5.74, 6) is 3.26. The number of fused-ring (bicyclic) bond motifs is 2. The number of hydrogen-bond donors (Lipinski definition) is 0. The second kappa shape index (κ2) is 9.08. The molecule has 0 saturated heterocycles. The van der Waals surface area contributed by atoms with Gasteiger partial charge in [0.25, 0.3) is 0 Å². The summed E-state index contributed by atoms with van der Waals surface area (Å²) in [5.41, 5.74) is 0.967. The van der Waals surface area contributed by atoms with Gasteiger partial charge in [-0.15, -0.1) is 0 Å². The van der Waals surface area contributed by atoms with E-state index >= 15 is 0 Å². The number of carbonyl (C=O) groups is 1. The van der Waals surface area contributed by atoms with Crippen molar-refractivity contribution in [3.05, 3.63) is 48.0 Å². The van der Waals surface area contributed by atoms with Gasteiger partial charge in [-0.1, -0.05) is 49.9 Å². The highest BCUT2D eigenvalue weighted by Gasteiger charge is 2.31. The van der Waals surface area contributed by atoms with Gasteiger partial charge in [-0.25, -0.2) is 0 Å². The molecule has 2 heterocycles. The monoisotopic (exact) mass is 423 g/mol. The third-order valence-electron chi connectivity index (χ3n) is 6.35. The SMILES string of the molecule is O=C(C1CCCCCC1)N(Cc1cccc2c1OCO2)C[C@@H]1COc2ccccc2O1. The van der Waals surface area contributed by atoms with Crippen molar-refractivity contribution in [2.24, 2.45) is 5.92 Å². The second-order valence-corrected chi connectivity index (χ2v) is 8.56. The Morgan fingerprint density at radius 1 is 0.871 bits per heavy atom. The molecular formula is C25H29NO5. The summed E-state index contributed by atoms with van der Waals surface area (Å²) >= 11 is 0. The average Bonchev–Trinajstić information content (AvgIpc) is 3.13. The fraction of sp³-hybridized carbons (Fsp3) is 0.480. The Labute approximate surface area is 183 Å². The smallest absolute Gasteiger partial charge is 0.231 e. The van der Waals surface area contributed by atoms with Crippen LogP contribution in [0.15, 0.2) is 42.5 Å². The molecule has 1 atom stereocenters. The van der Waals surface area contributed by atoms with Crippen molar-refractivity contribution < 1.29 is 23.7 Å². The molecule has 0 unspecified atom stereocenters. The zero-order chi connectivity index (χ0) is 21.0. The second-order valence-electron chi connectivity index (χ2n) is 8.56. The molecule has 0 radical (unpaired) electrons. The summed E-state index contributed by atoms with van der Waals surface area (Å²) in [4.78, 5) is 15.6. The van der Waals surface area contributed by atoms with Crippen LogP contribution in [0.3, 0.4) is 0 Å². The van der Waals surface area contributed by atoms with Crippen LogP contribution in [0.5, 0.6) is 23.0 Å². The van der Waals surface area contributed by atoms with Crippen LogP contribution in [0.1, 0.15) is 44.1 Å². The fourth-order valence-corrected chi connectivity index (χ4v) is 4.74. The first kappa shape index (κ1) is 20.0. The first-order valence-electron chi connectivity index (χ1n) is 11.3. The van der Waals surface area contributed by atoms with Crippen LogP contribution in [0, 0.1) is 5.92 Å². The van der Waals surface area contributed by atoms with Gasteiger partial charge in [0.1, 0.15) is 6.61 Å². The van der Waals surface area contributed by atoms with Crippen LogP contribution in [-0.4, -0.2) is 36.9 Å². The highest BCUT2D eigenvalue weighted by atomic mass is 16.7. The molecule has 0 bridgehead atoms. The Hall–Kier alpha value is -2.89. The van der Waals surface area contributed by atoms with Gasteiger partial charge in [0.15, 0.2) is 29.1 Å². The Morgan fingerprint density at radius 3 is 2.48 bits per heavy atom. The van der Waals surface area contributed by atoms with Gasteiger partial charge >= 0.3 is 0 Å². The van der Waals surface area contributed by atoms with Crippen LogP contribution in [-0.2, 0) is 11.3 Å². The molecule has 2 aromatic carbocycles. The third-order valence-corrected chi connectivity index (χ3v) is 6.35. The van der Waals surface area contributed by atoms with E-state index in [1.807, 2.05) is 47.4 Å². The largest absolute Gasteiger partial charge is 0.486 e. The molecule has 1 fully saturated rings. The third kappa shape index (κ3) is 4.43. The normalized spacial score (nSPS) is 20.2. The first-order chi connectivity index (χ1) is 15.3. The summed E-state index contributed by atoms with van der Waals surface area (Å²) in [5, 5.41) is 0. The number of benzene rings is 2. The Balaban J connectivity index is 1.36. The van der Waals surface area contributed by atoms with E-state index in [4.69, 9.17) is 18.9 Å². The van der Waals surface area contributed by atoms with E-state index in [-0.39, 0.29) is 24.7 Å². The molecule has 0 aromatic heterocycles. The van der Waals surface area contributed by atoms with Gasteiger partial charge in [0.2, 0.25) is 12.7 Å². The number of hydrogen-bond acceptors (Lipinski definition) is 5. The summed E-state index contributed by atoms with van der Waals surface area (Å²) < 4.78 is 23.3. The van der Waals surface area contributed by atoms with Crippen molar-refractivity contribution in [1.82, 2.24) is 4.90 Å². The molecule has 6 heteroatoms. The Morgan fingerprint density at radius 2 is 1.65 bits per heavy atom. The van der Waals surface area contributed by atoms with E-state index in [0.717, 1.165) is 54.2 Å². The van der Waals surface area contributed by atoms with E-state index < -0.39 is 0 Å². The number of para-hydroxylation sites is 3. The molecule has 164 valence electrons. The average molecular weight is 424 g/mol. The minimum Gasteiger partial charge on any atom is -0.486 e. The molecule has 1 saturated carbocycles. The van der Waals surface area contributed by atoms with Crippen LogP contribution in [0.4, 0.5) is 0 Å². The predicted octanol–water partition coefficient (Wildman–Crippen LogP) is 4.55. The van der Waals surface area contributed by atoms with Crippen LogP contribution >= 0.6 is 0 Å². The highest BCUT2D eigenvalue weighted by Crippen LogP contribution is 2.37. The molecule has 2 aromatic rings. The first-order valence-corrected chi connectivity index (χ1v) is 11.3.